The van der Waals surface area contributed by atoms with Crippen LogP contribution in [0.5, 0.6) is 0 Å². The normalized spacial score (nSPS) is 27.7. The molecule has 0 aliphatic heterocycles. The van der Waals surface area contributed by atoms with E-state index in [4.69, 9.17) is 0 Å². The number of hydrogen-bond acceptors (Lipinski definition) is 1. The lowest BCUT2D eigenvalue weighted by atomic mass is 9.77. The van der Waals surface area contributed by atoms with Crippen molar-refractivity contribution in [1.29, 1.82) is 0 Å². The third-order valence-electron chi connectivity index (χ3n) is 4.91. The molecule has 0 amide bonds. The van der Waals surface area contributed by atoms with Gasteiger partial charge in [0.05, 0.1) is 0 Å². The number of nitrogens with one attached hydrogen (secondary N) is 1. The van der Waals surface area contributed by atoms with Gasteiger partial charge >= 0.3 is 0 Å². The lowest BCUT2D eigenvalue weighted by Crippen LogP contribution is -2.47. The van der Waals surface area contributed by atoms with Gasteiger partial charge in [-0.05, 0) is 37.5 Å². The fourth-order valence-electron chi connectivity index (χ4n) is 3.63. The minimum absolute atomic E-state index is 0.689. The van der Waals surface area contributed by atoms with Crippen LogP contribution in [0.2, 0.25) is 0 Å². The molecule has 1 N–H and O–H groups in total. The SMILES string of the molecule is CCC(CC)C(C)NC1CCCCC1C(C)C. The highest BCUT2D eigenvalue weighted by molar-refractivity contribution is 4.85. The lowest BCUT2D eigenvalue weighted by molar-refractivity contribution is 0.177. The Labute approximate surface area is 109 Å². The van der Waals surface area contributed by atoms with Crippen molar-refractivity contribution in [3.8, 4) is 0 Å². The molecule has 17 heavy (non-hydrogen) atoms. The van der Waals surface area contributed by atoms with Crippen LogP contribution in [0.25, 0.3) is 0 Å². The molecule has 0 spiro atoms. The van der Waals surface area contributed by atoms with E-state index in [-0.39, 0.29) is 0 Å². The van der Waals surface area contributed by atoms with Crippen LogP contribution in [-0.4, -0.2) is 12.1 Å². The van der Waals surface area contributed by atoms with E-state index in [2.05, 4.69) is 39.9 Å². The minimum Gasteiger partial charge on any atom is -0.311 e. The summed E-state index contributed by atoms with van der Waals surface area (Å²) in [6, 6.07) is 1.47. The molecule has 102 valence electrons. The van der Waals surface area contributed by atoms with Gasteiger partial charge in [-0.1, -0.05) is 53.4 Å². The van der Waals surface area contributed by atoms with Crippen molar-refractivity contribution in [3.63, 3.8) is 0 Å². The van der Waals surface area contributed by atoms with Crippen molar-refractivity contribution in [2.24, 2.45) is 17.8 Å². The maximum atomic E-state index is 3.95. The predicted molar refractivity (Wildman–Crippen MR) is 77.3 cm³/mol. The first-order valence-electron chi connectivity index (χ1n) is 7.86. The van der Waals surface area contributed by atoms with E-state index in [0.29, 0.717) is 6.04 Å². The largest absolute Gasteiger partial charge is 0.311 e. The van der Waals surface area contributed by atoms with E-state index in [1.807, 2.05) is 0 Å². The van der Waals surface area contributed by atoms with Crippen LogP contribution in [0.15, 0.2) is 0 Å². The quantitative estimate of drug-likeness (QED) is 0.713. The number of rotatable bonds is 6. The molecule has 0 bridgehead atoms. The van der Waals surface area contributed by atoms with Crippen molar-refractivity contribution < 1.29 is 0 Å². The molecule has 0 aromatic heterocycles. The molecular weight excluding hydrogens is 206 g/mol. The molecule has 3 atom stereocenters. The molecule has 1 aliphatic rings. The summed E-state index contributed by atoms with van der Waals surface area (Å²) in [6.07, 6.45) is 8.32. The van der Waals surface area contributed by atoms with Crippen LogP contribution in [0, 0.1) is 17.8 Å². The molecule has 0 saturated heterocycles. The summed E-state index contributed by atoms with van der Waals surface area (Å²) >= 11 is 0. The Morgan fingerprint density at radius 1 is 1.00 bits per heavy atom. The van der Waals surface area contributed by atoms with E-state index in [1.165, 1.54) is 38.5 Å². The zero-order valence-electron chi connectivity index (χ0n) is 12.6. The Morgan fingerprint density at radius 2 is 1.59 bits per heavy atom. The summed E-state index contributed by atoms with van der Waals surface area (Å²) < 4.78 is 0. The Balaban J connectivity index is 2.52. The topological polar surface area (TPSA) is 12.0 Å². The Kier molecular flexibility index (Phi) is 6.54. The fourth-order valence-corrected chi connectivity index (χ4v) is 3.63. The molecule has 1 aliphatic carbocycles. The second kappa shape index (κ2) is 7.41. The number of hydrogen-bond donors (Lipinski definition) is 1. The zero-order chi connectivity index (χ0) is 12.8. The van der Waals surface area contributed by atoms with Gasteiger partial charge in [-0.2, -0.15) is 0 Å². The summed E-state index contributed by atoms with van der Waals surface area (Å²) in [5, 5.41) is 3.95. The molecule has 0 aromatic carbocycles. The van der Waals surface area contributed by atoms with E-state index in [1.54, 1.807) is 0 Å². The highest BCUT2D eigenvalue weighted by Gasteiger charge is 2.29. The van der Waals surface area contributed by atoms with E-state index < -0.39 is 0 Å². The standard InChI is InChI=1S/C16H33N/c1-6-14(7-2)13(5)17-16-11-9-8-10-15(16)12(3)4/h12-17H,6-11H2,1-5H3. The van der Waals surface area contributed by atoms with Gasteiger partial charge < -0.3 is 5.32 Å². The Morgan fingerprint density at radius 3 is 2.12 bits per heavy atom. The summed E-state index contributed by atoms with van der Waals surface area (Å²) in [5.74, 6) is 2.59. The van der Waals surface area contributed by atoms with Gasteiger partial charge in [0.15, 0.2) is 0 Å². The van der Waals surface area contributed by atoms with Gasteiger partial charge in [-0.3, -0.25) is 0 Å². The van der Waals surface area contributed by atoms with Crippen molar-refractivity contribution in [2.45, 2.75) is 85.2 Å². The van der Waals surface area contributed by atoms with Crippen LogP contribution in [0.4, 0.5) is 0 Å². The highest BCUT2D eigenvalue weighted by Crippen LogP contribution is 2.31. The van der Waals surface area contributed by atoms with Gasteiger partial charge in [0, 0.05) is 12.1 Å². The summed E-state index contributed by atoms with van der Waals surface area (Å²) in [5.41, 5.74) is 0. The van der Waals surface area contributed by atoms with Crippen molar-refractivity contribution in [1.82, 2.24) is 5.32 Å². The highest BCUT2D eigenvalue weighted by atomic mass is 15.0. The molecule has 1 fully saturated rings. The fraction of sp³-hybridized carbons (Fsp3) is 1.00. The Hall–Kier alpha value is -0.0400. The summed E-state index contributed by atoms with van der Waals surface area (Å²) in [6.45, 7) is 11.8. The van der Waals surface area contributed by atoms with E-state index in [9.17, 15) is 0 Å². The van der Waals surface area contributed by atoms with Gasteiger partial charge in [0.2, 0.25) is 0 Å². The van der Waals surface area contributed by atoms with Crippen LogP contribution in [0.1, 0.15) is 73.1 Å². The molecule has 0 aromatic rings. The average molecular weight is 239 g/mol. The lowest BCUT2D eigenvalue weighted by Gasteiger charge is -2.38. The van der Waals surface area contributed by atoms with Crippen molar-refractivity contribution in [2.75, 3.05) is 0 Å². The zero-order valence-corrected chi connectivity index (χ0v) is 12.6. The third-order valence-corrected chi connectivity index (χ3v) is 4.91. The first-order chi connectivity index (χ1) is 8.10. The molecule has 1 nitrogen and oxygen atoms in total. The van der Waals surface area contributed by atoms with Crippen LogP contribution in [0.3, 0.4) is 0 Å². The van der Waals surface area contributed by atoms with Crippen LogP contribution >= 0.6 is 0 Å². The molecule has 1 saturated carbocycles. The third kappa shape index (κ3) is 4.28. The molecule has 1 rings (SSSR count). The van der Waals surface area contributed by atoms with Crippen LogP contribution < -0.4 is 5.32 Å². The van der Waals surface area contributed by atoms with E-state index >= 15 is 0 Å². The predicted octanol–water partition coefficient (Wildman–Crippen LogP) is 4.62. The monoisotopic (exact) mass is 239 g/mol. The molecule has 3 unspecified atom stereocenters. The molecule has 1 heteroatoms. The van der Waals surface area contributed by atoms with Crippen molar-refractivity contribution >= 4 is 0 Å². The maximum absolute atomic E-state index is 3.95. The van der Waals surface area contributed by atoms with Gasteiger partial charge in [-0.25, -0.2) is 0 Å². The second-order valence-corrected chi connectivity index (χ2v) is 6.33. The molecule has 0 heterocycles. The van der Waals surface area contributed by atoms with Gasteiger partial charge in [0.1, 0.15) is 0 Å². The van der Waals surface area contributed by atoms with Crippen molar-refractivity contribution in [3.05, 3.63) is 0 Å². The van der Waals surface area contributed by atoms with Gasteiger partial charge in [0.25, 0.3) is 0 Å². The molecule has 0 radical (unpaired) electrons. The second-order valence-electron chi connectivity index (χ2n) is 6.33. The summed E-state index contributed by atoms with van der Waals surface area (Å²) in [7, 11) is 0. The van der Waals surface area contributed by atoms with Crippen LogP contribution in [-0.2, 0) is 0 Å². The van der Waals surface area contributed by atoms with E-state index in [0.717, 1.165) is 23.8 Å². The summed E-state index contributed by atoms with van der Waals surface area (Å²) in [4.78, 5) is 0. The molecular formula is C16H33N. The maximum Gasteiger partial charge on any atom is 0.0100 e. The Bertz CT molecular complexity index is 196. The average Bonchev–Trinajstić information content (AvgIpc) is 2.31. The first kappa shape index (κ1) is 15.0. The minimum atomic E-state index is 0.689. The van der Waals surface area contributed by atoms with Gasteiger partial charge in [-0.15, -0.1) is 0 Å². The first-order valence-corrected chi connectivity index (χ1v) is 7.86. The smallest absolute Gasteiger partial charge is 0.0100 e.